The second-order valence-electron chi connectivity index (χ2n) is 9.91. The number of nitrogens with zero attached hydrogens (tertiary/aromatic N) is 8. The lowest BCUT2D eigenvalue weighted by Crippen LogP contribution is -2.36. The maximum Gasteiger partial charge on any atom is 0.510 e. The molecule has 45 heavy (non-hydrogen) atoms. The molecule has 0 radical (unpaired) electrons. The van der Waals surface area contributed by atoms with E-state index in [0.717, 1.165) is 38.3 Å². The Morgan fingerprint density at radius 1 is 0.956 bits per heavy atom. The minimum Gasteiger partial charge on any atom is -0.432 e. The SMILES string of the molecule is Cc1nc(C)c2c(n1)N(Cc1ccc(-c3ccccc3-c3nnn(COC(=O)OCCOCCO[N+](=O)[O-])n3)cc1)C(=O)CC2. The molecule has 5 rings (SSSR count). The quantitative estimate of drug-likeness (QED) is 0.0920. The van der Waals surface area contributed by atoms with Crippen LogP contribution >= 0.6 is 0 Å². The van der Waals surface area contributed by atoms with E-state index in [2.05, 4.69) is 30.2 Å². The van der Waals surface area contributed by atoms with Gasteiger partial charge in [0.1, 0.15) is 24.9 Å². The molecule has 0 N–H and O–H groups in total. The van der Waals surface area contributed by atoms with Crippen LogP contribution in [0.15, 0.2) is 48.5 Å². The van der Waals surface area contributed by atoms with Gasteiger partial charge in [-0.3, -0.25) is 9.69 Å². The van der Waals surface area contributed by atoms with Gasteiger partial charge in [0, 0.05) is 23.2 Å². The van der Waals surface area contributed by atoms with Gasteiger partial charge in [0.15, 0.2) is 0 Å². The monoisotopic (exact) mass is 618 g/mol. The third kappa shape index (κ3) is 7.91. The smallest absolute Gasteiger partial charge is 0.432 e. The fraction of sp³-hybridized carbons (Fsp3) is 0.345. The van der Waals surface area contributed by atoms with Crippen molar-refractivity contribution in [3.8, 4) is 22.5 Å². The molecule has 0 atom stereocenters. The first kappa shape index (κ1) is 30.9. The Kier molecular flexibility index (Phi) is 9.83. The third-order valence-electron chi connectivity index (χ3n) is 6.85. The van der Waals surface area contributed by atoms with E-state index in [9.17, 15) is 19.7 Å². The number of anilines is 1. The van der Waals surface area contributed by atoms with Gasteiger partial charge in [-0.1, -0.05) is 48.5 Å². The zero-order chi connectivity index (χ0) is 31.8. The highest BCUT2D eigenvalue weighted by Crippen LogP contribution is 2.32. The van der Waals surface area contributed by atoms with Crippen molar-refractivity contribution in [2.75, 3.05) is 31.3 Å². The van der Waals surface area contributed by atoms with E-state index in [-0.39, 0.29) is 39.1 Å². The normalized spacial score (nSPS) is 12.5. The van der Waals surface area contributed by atoms with Crippen molar-refractivity contribution in [1.82, 2.24) is 30.2 Å². The molecule has 0 unspecified atom stereocenters. The first-order chi connectivity index (χ1) is 21.8. The van der Waals surface area contributed by atoms with Crippen molar-refractivity contribution >= 4 is 17.9 Å². The molecule has 0 fully saturated rings. The zero-order valence-electron chi connectivity index (χ0n) is 24.6. The van der Waals surface area contributed by atoms with Crippen molar-refractivity contribution in [2.45, 2.75) is 40.0 Å². The van der Waals surface area contributed by atoms with E-state index in [1.54, 1.807) is 4.90 Å². The predicted molar refractivity (Wildman–Crippen MR) is 156 cm³/mol. The summed E-state index contributed by atoms with van der Waals surface area (Å²) in [4.78, 5) is 50.7. The molecular weight excluding hydrogens is 588 g/mol. The number of hydrogen-bond acceptors (Lipinski definition) is 13. The summed E-state index contributed by atoms with van der Waals surface area (Å²) < 4.78 is 14.9. The number of rotatable bonds is 13. The molecule has 16 nitrogen and oxygen atoms in total. The topological polar surface area (TPSA) is 187 Å². The fourth-order valence-corrected chi connectivity index (χ4v) is 4.80. The molecule has 0 bridgehead atoms. The lowest BCUT2D eigenvalue weighted by Gasteiger charge is -2.29. The molecule has 4 aromatic rings. The zero-order valence-corrected chi connectivity index (χ0v) is 24.6. The number of benzene rings is 2. The van der Waals surface area contributed by atoms with Crippen LogP contribution in [0, 0.1) is 24.0 Å². The van der Waals surface area contributed by atoms with Gasteiger partial charge in [-0.05, 0) is 42.2 Å². The van der Waals surface area contributed by atoms with Gasteiger partial charge >= 0.3 is 6.16 Å². The lowest BCUT2D eigenvalue weighted by atomic mass is 9.98. The van der Waals surface area contributed by atoms with Crippen LogP contribution in [0.25, 0.3) is 22.5 Å². The Bertz CT molecular complexity index is 1680. The molecule has 0 saturated heterocycles. The van der Waals surface area contributed by atoms with Gasteiger partial charge < -0.3 is 19.0 Å². The minimum atomic E-state index is -0.966. The van der Waals surface area contributed by atoms with Crippen LogP contribution in [0.3, 0.4) is 0 Å². The number of ether oxygens (including phenoxy) is 3. The standard InChI is InChI=1S/C29H30N8O8/c1-19-23-11-12-26(38)35(28(23)31-20(2)30-19)17-21-7-9-22(10-8-21)24-5-3-4-6-25(24)27-32-34-36(33-27)18-44-29(39)43-15-13-42-14-16-45-37(40)41/h3-10H,11-18H2,1-2H3. The molecule has 0 saturated carbocycles. The van der Waals surface area contributed by atoms with Crippen molar-refractivity contribution in [3.63, 3.8) is 0 Å². The number of fused-ring (bicyclic) bond motifs is 1. The maximum atomic E-state index is 12.9. The summed E-state index contributed by atoms with van der Waals surface area (Å²) >= 11 is 0. The van der Waals surface area contributed by atoms with Gasteiger partial charge in [0.2, 0.25) is 18.5 Å². The molecule has 234 valence electrons. The molecule has 16 heteroatoms. The Hall–Kier alpha value is -5.51. The molecule has 1 aliphatic heterocycles. The summed E-state index contributed by atoms with van der Waals surface area (Å²) in [6.07, 6.45) is 0.0999. The number of tetrazole rings is 1. The number of amides is 1. The largest absolute Gasteiger partial charge is 0.510 e. The molecule has 2 aromatic heterocycles. The highest BCUT2D eigenvalue weighted by Gasteiger charge is 2.27. The van der Waals surface area contributed by atoms with E-state index in [1.807, 2.05) is 62.4 Å². The van der Waals surface area contributed by atoms with E-state index in [1.165, 1.54) is 0 Å². The molecule has 0 aliphatic carbocycles. The third-order valence-corrected chi connectivity index (χ3v) is 6.85. The molecule has 3 heterocycles. The highest BCUT2D eigenvalue weighted by molar-refractivity contribution is 5.95. The van der Waals surface area contributed by atoms with Gasteiger partial charge in [0.05, 0.1) is 19.8 Å². The molecular formula is C29H30N8O8. The van der Waals surface area contributed by atoms with Crippen LogP contribution in [0.1, 0.15) is 29.1 Å². The fourth-order valence-electron chi connectivity index (χ4n) is 4.80. The molecule has 1 aliphatic rings. The van der Waals surface area contributed by atoms with Crippen LogP contribution in [0.5, 0.6) is 0 Å². The average Bonchev–Trinajstić information content (AvgIpc) is 3.50. The summed E-state index contributed by atoms with van der Waals surface area (Å²) in [6, 6.07) is 15.5. The van der Waals surface area contributed by atoms with Crippen LogP contribution in [0.4, 0.5) is 10.6 Å². The number of aryl methyl sites for hydroxylation is 2. The van der Waals surface area contributed by atoms with Crippen molar-refractivity contribution in [3.05, 3.63) is 81.3 Å². The maximum absolute atomic E-state index is 12.9. The molecule has 0 spiro atoms. The van der Waals surface area contributed by atoms with Crippen LogP contribution in [0.2, 0.25) is 0 Å². The van der Waals surface area contributed by atoms with Gasteiger partial charge in [-0.25, -0.2) is 14.8 Å². The van der Waals surface area contributed by atoms with E-state index >= 15 is 0 Å². The number of aromatic nitrogens is 6. The second-order valence-corrected chi connectivity index (χ2v) is 9.91. The summed E-state index contributed by atoms with van der Waals surface area (Å²) in [5.74, 6) is 1.69. The van der Waals surface area contributed by atoms with E-state index in [4.69, 9.17) is 14.2 Å². The number of carbonyl (C=O) groups excluding carboxylic acids is 2. The van der Waals surface area contributed by atoms with Crippen LogP contribution in [-0.2, 0) is 43.5 Å². The Morgan fingerprint density at radius 2 is 1.71 bits per heavy atom. The minimum absolute atomic E-state index is 0.0122. The lowest BCUT2D eigenvalue weighted by molar-refractivity contribution is -0.758. The van der Waals surface area contributed by atoms with Gasteiger partial charge in [0.25, 0.3) is 5.09 Å². The van der Waals surface area contributed by atoms with E-state index < -0.39 is 11.2 Å². The summed E-state index contributed by atoms with van der Waals surface area (Å²) in [6.45, 7) is 3.49. The average molecular weight is 619 g/mol. The van der Waals surface area contributed by atoms with Crippen LogP contribution < -0.4 is 4.90 Å². The van der Waals surface area contributed by atoms with Gasteiger partial charge in [-0.2, -0.15) is 0 Å². The Balaban J connectivity index is 1.19. The number of hydrogen-bond donors (Lipinski definition) is 0. The van der Waals surface area contributed by atoms with Crippen molar-refractivity contribution in [2.24, 2.45) is 0 Å². The molecule has 1 amide bonds. The first-order valence-corrected chi connectivity index (χ1v) is 14.0. The first-order valence-electron chi connectivity index (χ1n) is 14.0. The van der Waals surface area contributed by atoms with Crippen molar-refractivity contribution < 1.29 is 33.7 Å². The number of carbonyl (C=O) groups is 2. The highest BCUT2D eigenvalue weighted by atomic mass is 17.0. The predicted octanol–water partition coefficient (Wildman–Crippen LogP) is 3.23. The van der Waals surface area contributed by atoms with Gasteiger partial charge in [-0.15, -0.1) is 25.1 Å². The Labute approximate surface area is 257 Å². The van der Waals surface area contributed by atoms with Crippen molar-refractivity contribution in [1.29, 1.82) is 0 Å². The molecule has 2 aromatic carbocycles. The van der Waals surface area contributed by atoms with E-state index in [0.29, 0.717) is 36.9 Å². The Morgan fingerprint density at radius 3 is 2.49 bits per heavy atom. The summed E-state index contributed by atoms with van der Waals surface area (Å²) in [5.41, 5.74) is 5.37. The van der Waals surface area contributed by atoms with Crippen LogP contribution in [-0.4, -0.2) is 73.8 Å². The summed E-state index contributed by atoms with van der Waals surface area (Å²) in [7, 11) is 0. The summed E-state index contributed by atoms with van der Waals surface area (Å²) in [5, 5.41) is 21.6. The second kappa shape index (κ2) is 14.3.